The van der Waals surface area contributed by atoms with Gasteiger partial charge in [0.05, 0.1) is 5.97 Å². The van der Waals surface area contributed by atoms with Crippen molar-refractivity contribution < 1.29 is 9.90 Å². The molecule has 0 saturated carbocycles. The Bertz CT molecular complexity index is 540. The van der Waals surface area contributed by atoms with Gasteiger partial charge in [0.2, 0.25) is 0 Å². The molecule has 1 heterocycles. The van der Waals surface area contributed by atoms with Crippen molar-refractivity contribution in [3.8, 4) is 0 Å². The minimum atomic E-state index is -1.10. The van der Waals surface area contributed by atoms with Gasteiger partial charge in [0, 0.05) is 19.2 Å². The molecule has 0 radical (unpaired) electrons. The fourth-order valence-corrected chi connectivity index (χ4v) is 2.17. The summed E-state index contributed by atoms with van der Waals surface area (Å²) in [4.78, 5) is 10.4. The van der Waals surface area contributed by atoms with Crippen LogP contribution in [0.2, 0.25) is 0 Å². The molecule has 0 spiro atoms. The molecule has 94 valence electrons. The van der Waals surface area contributed by atoms with Gasteiger partial charge < -0.3 is 14.5 Å². The van der Waals surface area contributed by atoms with Gasteiger partial charge >= 0.3 is 0 Å². The second-order valence-corrected chi connectivity index (χ2v) is 4.72. The van der Waals surface area contributed by atoms with E-state index in [9.17, 15) is 9.90 Å². The number of hydrogen-bond donors (Lipinski definition) is 0. The van der Waals surface area contributed by atoms with Crippen LogP contribution in [-0.2, 0) is 18.3 Å². The maximum absolute atomic E-state index is 10.4. The van der Waals surface area contributed by atoms with Crippen molar-refractivity contribution in [3.63, 3.8) is 0 Å². The van der Waals surface area contributed by atoms with E-state index in [1.54, 1.807) is 4.57 Å². The highest BCUT2D eigenvalue weighted by Gasteiger charge is 2.09. The third kappa shape index (κ3) is 3.10. The Hall–Kier alpha value is -1.82. The molecule has 0 amide bonds. The van der Waals surface area contributed by atoms with Crippen LogP contribution in [0.4, 0.5) is 0 Å². The van der Waals surface area contributed by atoms with Gasteiger partial charge in [-0.2, -0.15) is 0 Å². The van der Waals surface area contributed by atoms with Gasteiger partial charge in [-0.05, 0) is 5.56 Å². The van der Waals surface area contributed by atoms with Crippen LogP contribution in [0.1, 0.15) is 11.4 Å². The molecule has 2 aromatic rings. The van der Waals surface area contributed by atoms with E-state index in [4.69, 9.17) is 0 Å². The standard InChI is InChI=1S/C12H13N3O2S/c1-15-10(7-9-5-3-2-4-6-9)13-14-12(15)18-8-11(16)17/h2-6H,7-8H2,1H3,(H,16,17)/p-1. The highest BCUT2D eigenvalue weighted by molar-refractivity contribution is 7.99. The van der Waals surface area contributed by atoms with Crippen molar-refractivity contribution in [2.45, 2.75) is 11.6 Å². The average Bonchev–Trinajstić information content (AvgIpc) is 2.70. The predicted molar refractivity (Wildman–Crippen MR) is 66.0 cm³/mol. The number of carbonyl (C=O) groups excluding carboxylic acids is 1. The first-order chi connectivity index (χ1) is 8.66. The Morgan fingerprint density at radius 1 is 1.33 bits per heavy atom. The molecule has 1 aromatic carbocycles. The molecule has 0 N–H and O–H groups in total. The first kappa shape index (κ1) is 12.6. The summed E-state index contributed by atoms with van der Waals surface area (Å²) < 4.78 is 1.81. The molecule has 0 bridgehead atoms. The number of nitrogens with zero attached hydrogens (tertiary/aromatic N) is 3. The van der Waals surface area contributed by atoms with Crippen LogP contribution >= 0.6 is 11.8 Å². The molecule has 6 heteroatoms. The van der Waals surface area contributed by atoms with Crippen LogP contribution in [0.25, 0.3) is 0 Å². The van der Waals surface area contributed by atoms with Crippen LogP contribution in [0.3, 0.4) is 0 Å². The van der Waals surface area contributed by atoms with Crippen molar-refractivity contribution >= 4 is 17.7 Å². The Balaban J connectivity index is 2.08. The van der Waals surface area contributed by atoms with Crippen molar-refractivity contribution in [2.75, 3.05) is 5.75 Å². The zero-order valence-corrected chi connectivity index (χ0v) is 10.7. The number of aromatic nitrogens is 3. The summed E-state index contributed by atoms with van der Waals surface area (Å²) in [6.45, 7) is 0. The SMILES string of the molecule is Cn1c(Cc2ccccc2)nnc1SCC(=O)[O-]. The number of benzene rings is 1. The van der Waals surface area contributed by atoms with Crippen molar-refractivity contribution in [1.29, 1.82) is 0 Å². The van der Waals surface area contributed by atoms with Crippen molar-refractivity contribution in [2.24, 2.45) is 7.05 Å². The Kier molecular flexibility index (Phi) is 3.99. The topological polar surface area (TPSA) is 70.8 Å². The lowest BCUT2D eigenvalue weighted by Crippen LogP contribution is -2.24. The van der Waals surface area contributed by atoms with Crippen molar-refractivity contribution in [1.82, 2.24) is 14.8 Å². The predicted octanol–water partition coefficient (Wildman–Crippen LogP) is 0.248. The highest BCUT2D eigenvalue weighted by atomic mass is 32.2. The number of hydrogen-bond acceptors (Lipinski definition) is 5. The molecular formula is C12H12N3O2S-. The van der Waals surface area contributed by atoms with Crippen molar-refractivity contribution in [3.05, 3.63) is 41.7 Å². The summed E-state index contributed by atoms with van der Waals surface area (Å²) in [5.41, 5.74) is 1.14. The third-order valence-corrected chi connectivity index (χ3v) is 3.44. The van der Waals surface area contributed by atoms with E-state index in [0.717, 1.165) is 23.1 Å². The summed E-state index contributed by atoms with van der Waals surface area (Å²) in [7, 11) is 1.83. The van der Waals surface area contributed by atoms with Crippen LogP contribution < -0.4 is 5.11 Å². The lowest BCUT2D eigenvalue weighted by atomic mass is 10.1. The Labute approximate surface area is 109 Å². The van der Waals surface area contributed by atoms with Gasteiger partial charge in [-0.3, -0.25) is 0 Å². The molecule has 0 fully saturated rings. The molecule has 0 aliphatic heterocycles. The minimum absolute atomic E-state index is 0.114. The average molecular weight is 262 g/mol. The van der Waals surface area contributed by atoms with E-state index >= 15 is 0 Å². The number of aliphatic carboxylic acids is 1. The second kappa shape index (κ2) is 5.68. The number of carbonyl (C=O) groups is 1. The monoisotopic (exact) mass is 262 g/mol. The van der Waals surface area contributed by atoms with Crippen LogP contribution in [0.15, 0.2) is 35.5 Å². The van der Waals surface area contributed by atoms with Crippen LogP contribution in [0, 0.1) is 0 Å². The van der Waals surface area contributed by atoms with Gasteiger partial charge in [-0.1, -0.05) is 42.1 Å². The highest BCUT2D eigenvalue weighted by Crippen LogP contribution is 2.16. The zero-order chi connectivity index (χ0) is 13.0. The summed E-state index contributed by atoms with van der Waals surface area (Å²) in [5, 5.41) is 19.0. The minimum Gasteiger partial charge on any atom is -0.549 e. The molecule has 0 unspecified atom stereocenters. The van der Waals surface area contributed by atoms with E-state index in [1.807, 2.05) is 37.4 Å². The third-order valence-electron chi connectivity index (χ3n) is 2.45. The fourth-order valence-electron chi connectivity index (χ4n) is 1.53. The van der Waals surface area contributed by atoms with E-state index in [0.29, 0.717) is 11.6 Å². The van der Waals surface area contributed by atoms with Gasteiger partial charge in [-0.25, -0.2) is 0 Å². The zero-order valence-electron chi connectivity index (χ0n) is 9.87. The molecule has 18 heavy (non-hydrogen) atoms. The molecule has 1 aromatic heterocycles. The summed E-state index contributed by atoms with van der Waals surface area (Å²) in [5.74, 6) is -0.410. The number of carboxylic acid groups (broad SMARTS) is 1. The van der Waals surface area contributed by atoms with Crippen LogP contribution in [0.5, 0.6) is 0 Å². The van der Waals surface area contributed by atoms with E-state index in [-0.39, 0.29) is 5.75 Å². The van der Waals surface area contributed by atoms with E-state index in [2.05, 4.69) is 10.2 Å². The van der Waals surface area contributed by atoms with Gasteiger partial charge in [0.1, 0.15) is 5.82 Å². The van der Waals surface area contributed by atoms with Gasteiger partial charge in [-0.15, -0.1) is 10.2 Å². The smallest absolute Gasteiger partial charge is 0.191 e. The summed E-state index contributed by atoms with van der Waals surface area (Å²) in [6, 6.07) is 9.93. The quantitative estimate of drug-likeness (QED) is 0.722. The lowest BCUT2D eigenvalue weighted by Gasteiger charge is -2.04. The van der Waals surface area contributed by atoms with Gasteiger partial charge in [0.15, 0.2) is 5.16 Å². The normalized spacial score (nSPS) is 10.5. The molecule has 0 atom stereocenters. The first-order valence-corrected chi connectivity index (χ1v) is 6.40. The largest absolute Gasteiger partial charge is 0.549 e. The molecule has 0 aliphatic carbocycles. The first-order valence-electron chi connectivity index (χ1n) is 5.41. The molecule has 0 saturated heterocycles. The molecule has 5 nitrogen and oxygen atoms in total. The van der Waals surface area contributed by atoms with Gasteiger partial charge in [0.25, 0.3) is 0 Å². The lowest BCUT2D eigenvalue weighted by molar-refractivity contribution is -0.301. The fraction of sp³-hybridized carbons (Fsp3) is 0.250. The number of carboxylic acids is 1. The van der Waals surface area contributed by atoms with E-state index < -0.39 is 5.97 Å². The second-order valence-electron chi connectivity index (χ2n) is 3.78. The Morgan fingerprint density at radius 3 is 2.72 bits per heavy atom. The number of thioether (sulfide) groups is 1. The van der Waals surface area contributed by atoms with Crippen LogP contribution in [-0.4, -0.2) is 26.5 Å². The molecule has 2 rings (SSSR count). The maximum Gasteiger partial charge on any atom is 0.191 e. The summed E-state index contributed by atoms with van der Waals surface area (Å²) in [6.07, 6.45) is 0.677. The maximum atomic E-state index is 10.4. The Morgan fingerprint density at radius 2 is 2.06 bits per heavy atom. The summed E-state index contributed by atoms with van der Waals surface area (Å²) >= 11 is 1.11. The molecular weight excluding hydrogens is 250 g/mol. The molecule has 0 aliphatic rings. The van der Waals surface area contributed by atoms with E-state index in [1.165, 1.54) is 0 Å². The number of rotatable bonds is 5.